The van der Waals surface area contributed by atoms with Crippen molar-refractivity contribution in [3.8, 4) is 0 Å². The molecule has 1 heteroatoms. The average molecular weight is 399 g/mol. The van der Waals surface area contributed by atoms with Gasteiger partial charge in [0.1, 0.15) is 5.78 Å². The van der Waals surface area contributed by atoms with Crippen LogP contribution in [0, 0.1) is 52.3 Å². The number of fused-ring (bicyclic) bond motifs is 5. The van der Waals surface area contributed by atoms with Gasteiger partial charge < -0.3 is 0 Å². The second kappa shape index (κ2) is 7.83. The lowest BCUT2D eigenvalue weighted by Gasteiger charge is -2.58. The molecule has 164 valence electrons. The van der Waals surface area contributed by atoms with E-state index in [2.05, 4.69) is 47.6 Å². The highest BCUT2D eigenvalue weighted by Crippen LogP contribution is 2.67. The van der Waals surface area contributed by atoms with Gasteiger partial charge in [-0.1, -0.05) is 66.0 Å². The quantitative estimate of drug-likeness (QED) is 0.431. The third-order valence-corrected chi connectivity index (χ3v) is 10.9. The maximum atomic E-state index is 12.1. The van der Waals surface area contributed by atoms with E-state index in [4.69, 9.17) is 0 Å². The molecule has 0 aromatic rings. The van der Waals surface area contributed by atoms with Gasteiger partial charge in [0, 0.05) is 12.8 Å². The SMILES string of the molecule is CC(C)C(C)CC[C@@H](C)[C@H]1CC[C@H]2[C@@H]3CC=C4CC(=O)CC[C@]4(C)[C@H]3CC[C@]12C. The predicted molar refractivity (Wildman–Crippen MR) is 123 cm³/mol. The zero-order valence-corrected chi connectivity index (χ0v) is 20.1. The molecule has 0 spiro atoms. The Morgan fingerprint density at radius 3 is 2.48 bits per heavy atom. The lowest BCUT2D eigenvalue weighted by Crippen LogP contribution is -2.50. The molecule has 8 atom stereocenters. The standard InChI is InChI=1S/C28H46O/c1-18(2)19(3)7-8-20(4)24-11-12-25-23-10-9-21-17-22(29)13-15-27(21,5)26(23)14-16-28(24,25)6/h9,18-20,23-26H,7-8,10-17H2,1-6H3/t19?,20-,23+,24-,25+,26+,27+,28-/m1/s1. The Balaban J connectivity index is 1.49. The highest BCUT2D eigenvalue weighted by Gasteiger charge is 2.59. The Bertz CT molecular complexity index is 659. The zero-order valence-electron chi connectivity index (χ0n) is 20.1. The number of allylic oxidation sites excluding steroid dienone is 2. The first kappa shape index (κ1) is 21.6. The lowest BCUT2D eigenvalue weighted by molar-refractivity contribution is -0.122. The number of hydrogen-bond donors (Lipinski definition) is 0. The summed E-state index contributed by atoms with van der Waals surface area (Å²) in [6, 6.07) is 0. The molecule has 0 aliphatic heterocycles. The molecule has 4 aliphatic carbocycles. The van der Waals surface area contributed by atoms with Crippen molar-refractivity contribution < 1.29 is 4.79 Å². The van der Waals surface area contributed by atoms with Crippen molar-refractivity contribution in [1.29, 1.82) is 0 Å². The Morgan fingerprint density at radius 1 is 1.00 bits per heavy atom. The van der Waals surface area contributed by atoms with Crippen LogP contribution in [0.1, 0.15) is 106 Å². The van der Waals surface area contributed by atoms with E-state index in [1.165, 1.54) is 50.5 Å². The summed E-state index contributed by atoms with van der Waals surface area (Å²) in [6.07, 6.45) is 15.1. The second-order valence-corrected chi connectivity index (χ2v) is 12.5. The third kappa shape index (κ3) is 3.57. The maximum absolute atomic E-state index is 12.1. The van der Waals surface area contributed by atoms with Crippen molar-refractivity contribution in [2.24, 2.45) is 52.3 Å². The van der Waals surface area contributed by atoms with Crippen LogP contribution in [0.15, 0.2) is 11.6 Å². The van der Waals surface area contributed by atoms with E-state index >= 15 is 0 Å². The number of hydrogen-bond acceptors (Lipinski definition) is 1. The van der Waals surface area contributed by atoms with Crippen LogP contribution >= 0.6 is 0 Å². The van der Waals surface area contributed by atoms with Gasteiger partial charge in [-0.25, -0.2) is 0 Å². The Morgan fingerprint density at radius 2 is 1.76 bits per heavy atom. The molecule has 0 N–H and O–H groups in total. The predicted octanol–water partition coefficient (Wildman–Crippen LogP) is 7.84. The molecule has 0 heterocycles. The van der Waals surface area contributed by atoms with E-state index in [0.717, 1.165) is 60.7 Å². The van der Waals surface area contributed by atoms with Gasteiger partial charge in [-0.2, -0.15) is 0 Å². The second-order valence-electron chi connectivity index (χ2n) is 12.5. The number of carbonyl (C=O) groups excluding carboxylic acids is 1. The van der Waals surface area contributed by atoms with E-state index in [0.29, 0.717) is 16.6 Å². The summed E-state index contributed by atoms with van der Waals surface area (Å²) in [4.78, 5) is 12.1. The molecule has 0 bridgehead atoms. The van der Waals surface area contributed by atoms with Crippen LogP contribution in [-0.2, 0) is 4.79 Å². The molecule has 1 unspecified atom stereocenters. The maximum Gasteiger partial charge on any atom is 0.136 e. The molecule has 29 heavy (non-hydrogen) atoms. The van der Waals surface area contributed by atoms with Gasteiger partial charge in [-0.15, -0.1) is 0 Å². The first-order valence-corrected chi connectivity index (χ1v) is 12.9. The summed E-state index contributed by atoms with van der Waals surface area (Å²) in [5, 5.41) is 0. The minimum absolute atomic E-state index is 0.328. The Labute approximate surface area is 180 Å². The van der Waals surface area contributed by atoms with Crippen molar-refractivity contribution in [3.05, 3.63) is 11.6 Å². The molecule has 0 aromatic heterocycles. The normalized spacial score (nSPS) is 44.0. The summed E-state index contributed by atoms with van der Waals surface area (Å²) in [6.45, 7) is 15.0. The molecule has 3 fully saturated rings. The third-order valence-electron chi connectivity index (χ3n) is 10.9. The van der Waals surface area contributed by atoms with Crippen LogP contribution in [0.4, 0.5) is 0 Å². The van der Waals surface area contributed by atoms with Gasteiger partial charge in [0.05, 0.1) is 0 Å². The fraction of sp³-hybridized carbons (Fsp3) is 0.893. The Hall–Kier alpha value is -0.590. The lowest BCUT2D eigenvalue weighted by atomic mass is 9.47. The highest BCUT2D eigenvalue weighted by atomic mass is 16.1. The fourth-order valence-electron chi connectivity index (χ4n) is 8.51. The molecular formula is C28H46O. The fourth-order valence-corrected chi connectivity index (χ4v) is 8.51. The van der Waals surface area contributed by atoms with Crippen LogP contribution in [0.5, 0.6) is 0 Å². The minimum Gasteiger partial charge on any atom is -0.299 e. The molecule has 3 saturated carbocycles. The average Bonchev–Trinajstić information content (AvgIpc) is 3.03. The summed E-state index contributed by atoms with van der Waals surface area (Å²) >= 11 is 0. The van der Waals surface area contributed by atoms with Gasteiger partial charge in [-0.05, 0) is 90.8 Å². The van der Waals surface area contributed by atoms with Gasteiger partial charge in [-0.3, -0.25) is 4.79 Å². The summed E-state index contributed by atoms with van der Waals surface area (Å²) < 4.78 is 0. The van der Waals surface area contributed by atoms with Crippen molar-refractivity contribution in [2.45, 2.75) is 106 Å². The van der Waals surface area contributed by atoms with E-state index < -0.39 is 0 Å². The molecule has 1 nitrogen and oxygen atoms in total. The molecule has 0 radical (unpaired) electrons. The first-order valence-electron chi connectivity index (χ1n) is 12.9. The Kier molecular flexibility index (Phi) is 5.84. The van der Waals surface area contributed by atoms with Gasteiger partial charge in [0.2, 0.25) is 0 Å². The van der Waals surface area contributed by atoms with Crippen molar-refractivity contribution in [3.63, 3.8) is 0 Å². The number of Topliss-reactive ketones (excluding diaryl/α,β-unsaturated/α-hetero) is 1. The van der Waals surface area contributed by atoms with Crippen molar-refractivity contribution in [2.75, 3.05) is 0 Å². The van der Waals surface area contributed by atoms with Crippen molar-refractivity contribution in [1.82, 2.24) is 0 Å². The van der Waals surface area contributed by atoms with Crippen molar-refractivity contribution >= 4 is 5.78 Å². The molecule has 0 saturated heterocycles. The van der Waals surface area contributed by atoms with Crippen LogP contribution in [0.2, 0.25) is 0 Å². The van der Waals surface area contributed by atoms with E-state index in [9.17, 15) is 4.79 Å². The van der Waals surface area contributed by atoms with E-state index in [1.54, 1.807) is 0 Å². The molecule has 0 amide bonds. The summed E-state index contributed by atoms with van der Waals surface area (Å²) in [5.41, 5.74) is 2.41. The topological polar surface area (TPSA) is 17.1 Å². The van der Waals surface area contributed by atoms with E-state index in [-0.39, 0.29) is 0 Å². The number of carbonyl (C=O) groups is 1. The molecule has 4 rings (SSSR count). The van der Waals surface area contributed by atoms with Crippen LogP contribution in [-0.4, -0.2) is 5.78 Å². The number of ketones is 1. The first-order chi connectivity index (χ1) is 13.7. The molecule has 0 aromatic carbocycles. The van der Waals surface area contributed by atoms with Crippen LogP contribution < -0.4 is 0 Å². The van der Waals surface area contributed by atoms with E-state index in [1.807, 2.05) is 0 Å². The monoisotopic (exact) mass is 398 g/mol. The smallest absolute Gasteiger partial charge is 0.136 e. The van der Waals surface area contributed by atoms with Gasteiger partial charge >= 0.3 is 0 Å². The van der Waals surface area contributed by atoms with Gasteiger partial charge in [0.15, 0.2) is 0 Å². The largest absolute Gasteiger partial charge is 0.299 e. The molecule has 4 aliphatic rings. The minimum atomic E-state index is 0.328. The molecular weight excluding hydrogens is 352 g/mol. The highest BCUT2D eigenvalue weighted by molar-refractivity contribution is 5.82. The van der Waals surface area contributed by atoms with Crippen LogP contribution in [0.25, 0.3) is 0 Å². The zero-order chi connectivity index (χ0) is 21.0. The summed E-state index contributed by atoms with van der Waals surface area (Å²) in [7, 11) is 0. The summed E-state index contributed by atoms with van der Waals surface area (Å²) in [5.74, 6) is 6.59. The number of rotatable bonds is 5. The van der Waals surface area contributed by atoms with Gasteiger partial charge in [0.25, 0.3) is 0 Å². The van der Waals surface area contributed by atoms with Crippen LogP contribution in [0.3, 0.4) is 0 Å².